The summed E-state index contributed by atoms with van der Waals surface area (Å²) in [6.45, 7) is 0. The van der Waals surface area contributed by atoms with Crippen LogP contribution in [0.15, 0.2) is 53.0 Å². The van der Waals surface area contributed by atoms with Crippen LogP contribution < -0.4 is 0 Å². The zero-order valence-electron chi connectivity index (χ0n) is 10.7. The van der Waals surface area contributed by atoms with Crippen LogP contribution in [0.2, 0.25) is 0 Å². The van der Waals surface area contributed by atoms with Crippen molar-refractivity contribution in [2.45, 2.75) is 0 Å². The number of hydrogen-bond donors (Lipinski definition) is 1. The number of carboxylic acid groups (broad SMARTS) is 1. The first kappa shape index (κ1) is 13.7. The van der Waals surface area contributed by atoms with Crippen LogP contribution in [0.5, 0.6) is 0 Å². The van der Waals surface area contributed by atoms with Crippen molar-refractivity contribution in [2.75, 3.05) is 0 Å². The van der Waals surface area contributed by atoms with Crippen molar-refractivity contribution in [3.05, 3.63) is 64.4 Å². The maximum Gasteiger partial charge on any atom is 0.336 e. The number of hydrogen-bond acceptors (Lipinski definition) is 2. The molecule has 0 amide bonds. The van der Waals surface area contributed by atoms with Gasteiger partial charge in [-0.1, -0.05) is 34.1 Å². The van der Waals surface area contributed by atoms with E-state index in [0.29, 0.717) is 21.1 Å². The zero-order valence-corrected chi connectivity index (χ0v) is 12.3. The Kier molecular flexibility index (Phi) is 3.43. The molecular formula is C16H9BrFNO2. The predicted molar refractivity (Wildman–Crippen MR) is 81.8 cm³/mol. The van der Waals surface area contributed by atoms with Crippen LogP contribution >= 0.6 is 15.9 Å². The Morgan fingerprint density at radius 3 is 2.62 bits per heavy atom. The van der Waals surface area contributed by atoms with E-state index in [1.54, 1.807) is 36.4 Å². The monoisotopic (exact) mass is 345 g/mol. The lowest BCUT2D eigenvalue weighted by Crippen LogP contribution is -2.00. The number of aromatic nitrogens is 1. The third-order valence-electron chi connectivity index (χ3n) is 3.15. The Hall–Kier alpha value is -2.27. The molecule has 0 bridgehead atoms. The van der Waals surface area contributed by atoms with Crippen molar-refractivity contribution in [2.24, 2.45) is 0 Å². The summed E-state index contributed by atoms with van der Waals surface area (Å²) in [4.78, 5) is 15.8. The Morgan fingerprint density at radius 1 is 1.14 bits per heavy atom. The molecule has 0 radical (unpaired) electrons. The van der Waals surface area contributed by atoms with Gasteiger partial charge < -0.3 is 5.11 Å². The number of pyridine rings is 1. The van der Waals surface area contributed by atoms with Crippen molar-refractivity contribution in [1.82, 2.24) is 4.98 Å². The number of carboxylic acids is 1. The fourth-order valence-corrected chi connectivity index (χ4v) is 2.52. The standard InChI is InChI=1S/C16H9BrFNO2/c17-9-5-6-11(13(18)7-9)15-8-12(16(20)21)10-3-1-2-4-14(10)19-15/h1-8H,(H,20,21). The molecule has 0 unspecified atom stereocenters. The Morgan fingerprint density at radius 2 is 1.90 bits per heavy atom. The number of para-hydroxylation sites is 1. The second-order valence-corrected chi connectivity index (χ2v) is 5.42. The Balaban J connectivity index is 2.31. The minimum atomic E-state index is -1.06. The molecule has 5 heteroatoms. The van der Waals surface area contributed by atoms with Gasteiger partial charge >= 0.3 is 5.97 Å². The second-order valence-electron chi connectivity index (χ2n) is 4.50. The predicted octanol–water partition coefficient (Wildman–Crippen LogP) is 4.50. The first-order chi connectivity index (χ1) is 10.1. The quantitative estimate of drug-likeness (QED) is 0.743. The van der Waals surface area contributed by atoms with Gasteiger partial charge in [-0.15, -0.1) is 0 Å². The highest BCUT2D eigenvalue weighted by Gasteiger charge is 2.14. The summed E-state index contributed by atoms with van der Waals surface area (Å²) in [6.07, 6.45) is 0. The summed E-state index contributed by atoms with van der Waals surface area (Å²) < 4.78 is 14.7. The summed E-state index contributed by atoms with van der Waals surface area (Å²) in [6, 6.07) is 12.9. The number of fused-ring (bicyclic) bond motifs is 1. The number of aromatic carboxylic acids is 1. The molecule has 1 heterocycles. The highest BCUT2D eigenvalue weighted by molar-refractivity contribution is 9.10. The molecule has 3 rings (SSSR count). The normalized spacial score (nSPS) is 10.8. The molecule has 0 atom stereocenters. The number of halogens is 2. The van der Waals surface area contributed by atoms with Gasteiger partial charge in [0.15, 0.2) is 0 Å². The van der Waals surface area contributed by atoms with Crippen molar-refractivity contribution in [1.29, 1.82) is 0 Å². The average Bonchev–Trinajstić information content (AvgIpc) is 2.46. The SMILES string of the molecule is O=C(O)c1cc(-c2ccc(Br)cc2F)nc2ccccc12. The van der Waals surface area contributed by atoms with Gasteiger partial charge in [-0.3, -0.25) is 0 Å². The van der Waals surface area contributed by atoms with E-state index in [1.165, 1.54) is 12.1 Å². The van der Waals surface area contributed by atoms with Gasteiger partial charge in [0, 0.05) is 15.4 Å². The molecule has 0 saturated heterocycles. The Bertz CT molecular complexity index is 864. The first-order valence-corrected chi connectivity index (χ1v) is 6.94. The molecule has 21 heavy (non-hydrogen) atoms. The molecule has 0 spiro atoms. The third kappa shape index (κ3) is 2.52. The molecule has 0 fully saturated rings. The minimum Gasteiger partial charge on any atom is -0.478 e. The topological polar surface area (TPSA) is 50.2 Å². The first-order valence-electron chi connectivity index (χ1n) is 6.15. The van der Waals surface area contributed by atoms with Crippen LogP contribution in [-0.2, 0) is 0 Å². The summed E-state index contributed by atoms with van der Waals surface area (Å²) in [5.41, 5.74) is 1.20. The van der Waals surface area contributed by atoms with E-state index in [1.807, 2.05) is 0 Å². The second kappa shape index (κ2) is 5.26. The van der Waals surface area contributed by atoms with Crippen LogP contribution in [0.4, 0.5) is 4.39 Å². The van der Waals surface area contributed by atoms with E-state index in [2.05, 4.69) is 20.9 Å². The fraction of sp³-hybridized carbons (Fsp3) is 0. The average molecular weight is 346 g/mol. The molecule has 0 aliphatic rings. The van der Waals surface area contributed by atoms with Crippen molar-refractivity contribution >= 4 is 32.8 Å². The van der Waals surface area contributed by atoms with E-state index >= 15 is 0 Å². The summed E-state index contributed by atoms with van der Waals surface area (Å²) in [5.74, 6) is -1.52. The molecule has 2 aromatic carbocycles. The van der Waals surface area contributed by atoms with Gasteiger partial charge in [-0.2, -0.15) is 0 Å². The lowest BCUT2D eigenvalue weighted by molar-refractivity contribution is 0.0699. The van der Waals surface area contributed by atoms with Crippen LogP contribution in [0, 0.1) is 5.82 Å². The summed E-state index contributed by atoms with van der Waals surface area (Å²) in [7, 11) is 0. The molecule has 104 valence electrons. The molecule has 0 saturated carbocycles. The molecule has 0 aliphatic heterocycles. The van der Waals surface area contributed by atoms with E-state index in [0.717, 1.165) is 0 Å². The zero-order chi connectivity index (χ0) is 15.0. The van der Waals surface area contributed by atoms with Crippen LogP contribution in [-0.4, -0.2) is 16.1 Å². The number of benzene rings is 2. The third-order valence-corrected chi connectivity index (χ3v) is 3.65. The molecule has 3 aromatic rings. The van der Waals surface area contributed by atoms with Crippen molar-refractivity contribution in [3.63, 3.8) is 0 Å². The van der Waals surface area contributed by atoms with Gasteiger partial charge in [-0.05, 0) is 30.3 Å². The number of carbonyl (C=O) groups is 1. The summed E-state index contributed by atoms with van der Waals surface area (Å²) >= 11 is 3.19. The fourth-order valence-electron chi connectivity index (χ4n) is 2.19. The van der Waals surface area contributed by atoms with E-state index < -0.39 is 11.8 Å². The maximum atomic E-state index is 14.1. The maximum absolute atomic E-state index is 14.1. The number of rotatable bonds is 2. The van der Waals surface area contributed by atoms with Gasteiger partial charge in [0.25, 0.3) is 0 Å². The van der Waals surface area contributed by atoms with Crippen molar-refractivity contribution in [3.8, 4) is 11.3 Å². The highest BCUT2D eigenvalue weighted by atomic mass is 79.9. The van der Waals surface area contributed by atoms with Crippen LogP contribution in [0.25, 0.3) is 22.2 Å². The van der Waals surface area contributed by atoms with E-state index in [9.17, 15) is 14.3 Å². The van der Waals surface area contributed by atoms with Crippen molar-refractivity contribution < 1.29 is 14.3 Å². The van der Waals surface area contributed by atoms with Gasteiger partial charge in [0.1, 0.15) is 5.82 Å². The van der Waals surface area contributed by atoms with Crippen LogP contribution in [0.1, 0.15) is 10.4 Å². The van der Waals surface area contributed by atoms with Gasteiger partial charge in [-0.25, -0.2) is 14.2 Å². The minimum absolute atomic E-state index is 0.109. The molecule has 1 aromatic heterocycles. The smallest absolute Gasteiger partial charge is 0.336 e. The van der Waals surface area contributed by atoms with Crippen LogP contribution in [0.3, 0.4) is 0 Å². The molecule has 3 nitrogen and oxygen atoms in total. The lowest BCUT2D eigenvalue weighted by Gasteiger charge is -2.08. The largest absolute Gasteiger partial charge is 0.478 e. The molecular weight excluding hydrogens is 337 g/mol. The highest BCUT2D eigenvalue weighted by Crippen LogP contribution is 2.28. The van der Waals surface area contributed by atoms with E-state index in [4.69, 9.17) is 0 Å². The van der Waals surface area contributed by atoms with Gasteiger partial charge in [0.05, 0.1) is 16.8 Å². The molecule has 0 aliphatic carbocycles. The lowest BCUT2D eigenvalue weighted by atomic mass is 10.0. The Labute approximate surface area is 128 Å². The van der Waals surface area contributed by atoms with Gasteiger partial charge in [0.2, 0.25) is 0 Å². The molecule has 1 N–H and O–H groups in total. The van der Waals surface area contributed by atoms with E-state index in [-0.39, 0.29) is 11.1 Å². The summed E-state index contributed by atoms with van der Waals surface area (Å²) in [5, 5.41) is 9.87. The number of nitrogens with zero attached hydrogens (tertiary/aromatic N) is 1.